The van der Waals surface area contributed by atoms with Gasteiger partial charge in [-0.2, -0.15) is 0 Å². The van der Waals surface area contributed by atoms with Gasteiger partial charge in [0.1, 0.15) is 0 Å². The van der Waals surface area contributed by atoms with Gasteiger partial charge in [0, 0.05) is 31.9 Å². The Kier molecular flexibility index (Phi) is 11.7. The second-order valence-electron chi connectivity index (χ2n) is 6.45. The number of halogens is 2. The summed E-state index contributed by atoms with van der Waals surface area (Å²) in [5, 5.41) is 5.46. The molecule has 158 valence electrons. The van der Waals surface area contributed by atoms with Crippen molar-refractivity contribution in [3.05, 3.63) is 29.3 Å². The molecule has 1 fully saturated rings. The first kappa shape index (κ1) is 26.1. The molecular formula is C18H29Cl2N5O3. The molecule has 2 rings (SSSR count). The van der Waals surface area contributed by atoms with Crippen LogP contribution >= 0.6 is 24.8 Å². The van der Waals surface area contributed by atoms with Crippen molar-refractivity contribution in [1.82, 2.24) is 15.1 Å². The number of rotatable bonds is 6. The smallest absolute Gasteiger partial charge is 0.242 e. The molecule has 28 heavy (non-hydrogen) atoms. The van der Waals surface area contributed by atoms with Crippen LogP contribution in [0.3, 0.4) is 0 Å². The number of piperazine rings is 1. The molecule has 1 heterocycles. The number of carbonyl (C=O) groups excluding carboxylic acids is 3. The number of para-hydroxylation sites is 1. The SMILES string of the molecule is Cc1cccc(C)c1NC(=O)CN1CCN(C(=O)CNC(=O)CN)CC1.Cl.Cl. The lowest BCUT2D eigenvalue weighted by Crippen LogP contribution is -2.52. The Bertz CT molecular complexity index is 659. The molecule has 0 saturated carbocycles. The predicted molar refractivity (Wildman–Crippen MR) is 114 cm³/mol. The lowest BCUT2D eigenvalue weighted by Gasteiger charge is -2.34. The topological polar surface area (TPSA) is 108 Å². The van der Waals surface area contributed by atoms with Crippen LogP contribution in [0.5, 0.6) is 0 Å². The van der Waals surface area contributed by atoms with Gasteiger partial charge in [-0.25, -0.2) is 0 Å². The van der Waals surface area contributed by atoms with Crippen molar-refractivity contribution >= 4 is 48.2 Å². The van der Waals surface area contributed by atoms with E-state index in [0.29, 0.717) is 32.7 Å². The van der Waals surface area contributed by atoms with Gasteiger partial charge >= 0.3 is 0 Å². The standard InChI is InChI=1S/C18H27N5O3.2ClH/c1-13-4-3-5-14(2)18(13)21-16(25)12-22-6-8-23(9-7-22)17(26)11-20-15(24)10-19;;/h3-5H,6-12,19H2,1-2H3,(H,20,24)(H,21,25);2*1H. The molecule has 10 heteroatoms. The van der Waals surface area contributed by atoms with Gasteiger partial charge in [-0.15, -0.1) is 24.8 Å². The molecule has 1 aromatic rings. The van der Waals surface area contributed by atoms with Crippen molar-refractivity contribution in [3.8, 4) is 0 Å². The molecule has 0 atom stereocenters. The maximum absolute atomic E-state index is 12.3. The van der Waals surface area contributed by atoms with Gasteiger partial charge < -0.3 is 21.3 Å². The zero-order chi connectivity index (χ0) is 19.1. The van der Waals surface area contributed by atoms with E-state index in [1.54, 1.807) is 4.90 Å². The van der Waals surface area contributed by atoms with Gasteiger partial charge in [0.15, 0.2) is 0 Å². The molecule has 0 spiro atoms. The first-order valence-corrected chi connectivity index (χ1v) is 8.73. The Labute approximate surface area is 178 Å². The summed E-state index contributed by atoms with van der Waals surface area (Å²) in [7, 11) is 0. The van der Waals surface area contributed by atoms with Gasteiger partial charge in [-0.3, -0.25) is 19.3 Å². The summed E-state index contributed by atoms with van der Waals surface area (Å²) in [4.78, 5) is 39.2. The second-order valence-corrected chi connectivity index (χ2v) is 6.45. The van der Waals surface area contributed by atoms with Gasteiger partial charge in [0.25, 0.3) is 0 Å². The Hall–Kier alpha value is -1.87. The summed E-state index contributed by atoms with van der Waals surface area (Å²) in [5.74, 6) is -0.538. The monoisotopic (exact) mass is 433 g/mol. The van der Waals surface area contributed by atoms with Gasteiger partial charge in [-0.1, -0.05) is 18.2 Å². The fraction of sp³-hybridized carbons (Fsp3) is 0.500. The Balaban J connectivity index is 0.00000364. The fourth-order valence-electron chi connectivity index (χ4n) is 2.91. The van der Waals surface area contributed by atoms with E-state index in [1.165, 1.54) is 0 Å². The number of benzene rings is 1. The average molecular weight is 434 g/mol. The minimum Gasteiger partial charge on any atom is -0.346 e. The molecule has 4 N–H and O–H groups in total. The zero-order valence-corrected chi connectivity index (χ0v) is 17.8. The average Bonchev–Trinajstić information content (AvgIpc) is 2.63. The maximum atomic E-state index is 12.3. The largest absolute Gasteiger partial charge is 0.346 e. The summed E-state index contributed by atoms with van der Waals surface area (Å²) >= 11 is 0. The van der Waals surface area contributed by atoms with Crippen LogP contribution in [-0.4, -0.2) is 73.3 Å². The van der Waals surface area contributed by atoms with E-state index in [9.17, 15) is 14.4 Å². The molecule has 3 amide bonds. The number of anilines is 1. The molecule has 0 bridgehead atoms. The summed E-state index contributed by atoms with van der Waals surface area (Å²) in [6.07, 6.45) is 0. The first-order chi connectivity index (χ1) is 12.4. The Morgan fingerprint density at radius 3 is 2.11 bits per heavy atom. The third-order valence-electron chi connectivity index (χ3n) is 4.46. The van der Waals surface area contributed by atoms with Gasteiger partial charge in [0.05, 0.1) is 19.6 Å². The number of nitrogens with one attached hydrogen (secondary N) is 2. The van der Waals surface area contributed by atoms with Gasteiger partial charge in [-0.05, 0) is 25.0 Å². The van der Waals surface area contributed by atoms with E-state index in [1.807, 2.05) is 36.9 Å². The molecule has 1 aromatic carbocycles. The second kappa shape index (κ2) is 12.6. The highest BCUT2D eigenvalue weighted by Crippen LogP contribution is 2.19. The molecule has 0 unspecified atom stereocenters. The predicted octanol–water partition coefficient (Wildman–Crippen LogP) is 0.305. The summed E-state index contributed by atoms with van der Waals surface area (Å²) in [6.45, 7) is 6.38. The first-order valence-electron chi connectivity index (χ1n) is 8.73. The lowest BCUT2D eigenvalue weighted by atomic mass is 10.1. The van der Waals surface area contributed by atoms with Crippen molar-refractivity contribution in [1.29, 1.82) is 0 Å². The highest BCUT2D eigenvalue weighted by Gasteiger charge is 2.22. The van der Waals surface area contributed by atoms with Crippen LogP contribution in [0.4, 0.5) is 5.69 Å². The summed E-state index contributed by atoms with van der Waals surface area (Å²) in [6, 6.07) is 5.90. The molecule has 8 nitrogen and oxygen atoms in total. The van der Waals surface area contributed by atoms with Crippen LogP contribution in [-0.2, 0) is 14.4 Å². The zero-order valence-electron chi connectivity index (χ0n) is 16.2. The number of amides is 3. The van der Waals surface area contributed by atoms with E-state index in [2.05, 4.69) is 10.6 Å². The van der Waals surface area contributed by atoms with Crippen molar-refractivity contribution in [2.75, 3.05) is 51.1 Å². The van der Waals surface area contributed by atoms with Crippen molar-refractivity contribution in [3.63, 3.8) is 0 Å². The van der Waals surface area contributed by atoms with E-state index in [4.69, 9.17) is 5.73 Å². The highest BCUT2D eigenvalue weighted by molar-refractivity contribution is 5.93. The number of hydrogen-bond acceptors (Lipinski definition) is 5. The van der Waals surface area contributed by atoms with Crippen LogP contribution < -0.4 is 16.4 Å². The minimum atomic E-state index is -0.347. The number of carbonyl (C=O) groups is 3. The number of nitrogens with zero attached hydrogens (tertiary/aromatic N) is 2. The van der Waals surface area contributed by atoms with Crippen molar-refractivity contribution in [2.24, 2.45) is 5.73 Å². The quantitative estimate of drug-likeness (QED) is 0.597. The van der Waals surface area contributed by atoms with Crippen LogP contribution in [0.25, 0.3) is 0 Å². The van der Waals surface area contributed by atoms with Crippen LogP contribution in [0.2, 0.25) is 0 Å². The number of nitrogens with two attached hydrogens (primary N) is 1. The fourth-order valence-corrected chi connectivity index (χ4v) is 2.91. The van der Waals surface area contributed by atoms with Crippen LogP contribution in [0.1, 0.15) is 11.1 Å². The maximum Gasteiger partial charge on any atom is 0.242 e. The normalized spacial score (nSPS) is 13.8. The van der Waals surface area contributed by atoms with E-state index < -0.39 is 0 Å². The third-order valence-corrected chi connectivity index (χ3v) is 4.46. The van der Waals surface area contributed by atoms with E-state index in [0.717, 1.165) is 16.8 Å². The number of aryl methyl sites for hydroxylation is 2. The van der Waals surface area contributed by atoms with Crippen LogP contribution in [0, 0.1) is 13.8 Å². The summed E-state index contributed by atoms with van der Waals surface area (Å²) in [5.41, 5.74) is 8.13. The Morgan fingerprint density at radius 1 is 1.00 bits per heavy atom. The molecule has 0 aliphatic carbocycles. The van der Waals surface area contributed by atoms with Gasteiger partial charge in [0.2, 0.25) is 17.7 Å². The third kappa shape index (κ3) is 7.63. The minimum absolute atomic E-state index is 0. The molecule has 1 aliphatic heterocycles. The lowest BCUT2D eigenvalue weighted by molar-refractivity contribution is -0.134. The van der Waals surface area contributed by atoms with E-state index >= 15 is 0 Å². The van der Waals surface area contributed by atoms with E-state index in [-0.39, 0.29) is 55.6 Å². The summed E-state index contributed by atoms with van der Waals surface area (Å²) < 4.78 is 0. The van der Waals surface area contributed by atoms with Crippen molar-refractivity contribution in [2.45, 2.75) is 13.8 Å². The molecule has 1 saturated heterocycles. The van der Waals surface area contributed by atoms with Crippen molar-refractivity contribution < 1.29 is 14.4 Å². The highest BCUT2D eigenvalue weighted by atomic mass is 35.5. The Morgan fingerprint density at radius 2 is 1.57 bits per heavy atom. The molecule has 0 radical (unpaired) electrons. The number of hydrogen-bond donors (Lipinski definition) is 3. The molecule has 1 aliphatic rings. The molecule has 0 aromatic heterocycles. The van der Waals surface area contributed by atoms with Crippen LogP contribution in [0.15, 0.2) is 18.2 Å². The molecular weight excluding hydrogens is 405 g/mol.